The Hall–Kier alpha value is -1.54. The van der Waals surface area contributed by atoms with Crippen molar-refractivity contribution in [2.75, 3.05) is 4.31 Å². The van der Waals surface area contributed by atoms with Crippen molar-refractivity contribution in [1.82, 2.24) is 0 Å². The van der Waals surface area contributed by atoms with Gasteiger partial charge >= 0.3 is 6.30 Å². The summed E-state index contributed by atoms with van der Waals surface area (Å²) in [5, 5.41) is 0. The zero-order valence-electron chi connectivity index (χ0n) is 11.3. The fraction of sp³-hybridized carbons (Fsp3) is 0.143. The fourth-order valence-electron chi connectivity index (χ4n) is 1.81. The molecule has 22 heavy (non-hydrogen) atoms. The molecule has 8 heteroatoms. The van der Waals surface area contributed by atoms with Gasteiger partial charge in [0.05, 0.1) is 10.6 Å². The predicted octanol–water partition coefficient (Wildman–Crippen LogP) is 4.47. The SMILES string of the molecule is Cc1ccc(S(=O)(=O)N(c2ccc(Br)cc2)C(F)(F)F)cc1. The Balaban J connectivity index is 2.59. The minimum atomic E-state index is -5.07. The summed E-state index contributed by atoms with van der Waals surface area (Å²) < 4.78 is 64.7. The first kappa shape index (κ1) is 16.8. The van der Waals surface area contributed by atoms with Gasteiger partial charge in [0.25, 0.3) is 10.0 Å². The van der Waals surface area contributed by atoms with Crippen LogP contribution in [0, 0.1) is 6.92 Å². The molecule has 0 atom stereocenters. The lowest BCUT2D eigenvalue weighted by Crippen LogP contribution is -2.42. The number of rotatable bonds is 3. The molecule has 0 radical (unpaired) electrons. The second kappa shape index (κ2) is 5.92. The van der Waals surface area contributed by atoms with Crippen molar-refractivity contribution in [3.05, 3.63) is 58.6 Å². The molecule has 0 N–H and O–H groups in total. The topological polar surface area (TPSA) is 37.4 Å². The third kappa shape index (κ3) is 3.44. The highest BCUT2D eigenvalue weighted by atomic mass is 79.9. The van der Waals surface area contributed by atoms with Gasteiger partial charge in [0.2, 0.25) is 0 Å². The van der Waals surface area contributed by atoms with Crippen molar-refractivity contribution in [3.8, 4) is 0 Å². The summed E-state index contributed by atoms with van der Waals surface area (Å²) in [5.41, 5.74) is 0.275. The minimum Gasteiger partial charge on any atom is -0.201 e. The van der Waals surface area contributed by atoms with Gasteiger partial charge < -0.3 is 0 Å². The highest BCUT2D eigenvalue weighted by molar-refractivity contribution is 9.10. The molecule has 0 amide bonds. The minimum absolute atomic E-state index is 0.418. The lowest BCUT2D eigenvalue weighted by molar-refractivity contribution is -0.115. The van der Waals surface area contributed by atoms with Crippen LogP contribution in [0.4, 0.5) is 18.9 Å². The fourth-order valence-corrected chi connectivity index (χ4v) is 3.44. The summed E-state index contributed by atoms with van der Waals surface area (Å²) in [6, 6.07) is 10.1. The van der Waals surface area contributed by atoms with E-state index in [9.17, 15) is 21.6 Å². The number of nitrogens with zero attached hydrogens (tertiary/aromatic N) is 1. The van der Waals surface area contributed by atoms with E-state index in [1.54, 1.807) is 6.92 Å². The first-order valence-corrected chi connectivity index (χ1v) is 8.30. The second-order valence-electron chi connectivity index (χ2n) is 4.53. The number of anilines is 1. The van der Waals surface area contributed by atoms with Gasteiger partial charge in [-0.25, -0.2) is 8.42 Å². The smallest absolute Gasteiger partial charge is 0.201 e. The molecule has 0 fully saturated rings. The van der Waals surface area contributed by atoms with E-state index in [-0.39, 0.29) is 0 Å². The largest absolute Gasteiger partial charge is 0.498 e. The molecule has 2 aromatic rings. The molecular formula is C14H11BrF3NO2S. The molecule has 0 spiro atoms. The van der Waals surface area contributed by atoms with Gasteiger partial charge in [-0.3, -0.25) is 0 Å². The monoisotopic (exact) mass is 393 g/mol. The van der Waals surface area contributed by atoms with Crippen LogP contribution in [0.1, 0.15) is 5.56 Å². The molecule has 0 saturated heterocycles. The van der Waals surface area contributed by atoms with Crippen molar-refractivity contribution in [2.45, 2.75) is 18.1 Å². The van der Waals surface area contributed by atoms with Crippen molar-refractivity contribution >= 4 is 31.6 Å². The second-order valence-corrected chi connectivity index (χ2v) is 7.23. The molecule has 0 unspecified atom stereocenters. The quantitative estimate of drug-likeness (QED) is 0.721. The summed E-state index contributed by atoms with van der Waals surface area (Å²) in [5.74, 6) is 0. The third-order valence-electron chi connectivity index (χ3n) is 2.85. The molecule has 0 bridgehead atoms. The molecule has 3 nitrogen and oxygen atoms in total. The standard InChI is InChI=1S/C14H11BrF3NO2S/c1-10-2-8-13(9-3-10)22(20,21)19(14(16,17)18)12-6-4-11(15)5-7-12/h2-9H,1H3. The number of sulfonamides is 1. The summed E-state index contributed by atoms with van der Waals surface area (Å²) in [4.78, 5) is -0.418. The van der Waals surface area contributed by atoms with E-state index in [0.29, 0.717) is 4.47 Å². The average molecular weight is 394 g/mol. The van der Waals surface area contributed by atoms with Gasteiger partial charge in [-0.05, 0) is 43.3 Å². The van der Waals surface area contributed by atoms with Crippen molar-refractivity contribution in [1.29, 1.82) is 0 Å². The highest BCUT2D eigenvalue weighted by Gasteiger charge is 2.46. The van der Waals surface area contributed by atoms with Crippen LogP contribution < -0.4 is 4.31 Å². The van der Waals surface area contributed by atoms with Crippen LogP contribution in [0.2, 0.25) is 0 Å². The van der Waals surface area contributed by atoms with Gasteiger partial charge in [-0.1, -0.05) is 33.6 Å². The first-order valence-electron chi connectivity index (χ1n) is 6.07. The van der Waals surface area contributed by atoms with Gasteiger partial charge in [0.1, 0.15) is 0 Å². The predicted molar refractivity (Wildman–Crippen MR) is 81.0 cm³/mol. The molecule has 0 aliphatic rings. The van der Waals surface area contributed by atoms with Crippen molar-refractivity contribution in [2.24, 2.45) is 0 Å². The normalized spacial score (nSPS) is 12.2. The van der Waals surface area contributed by atoms with Crippen LogP contribution in [0.3, 0.4) is 0 Å². The lowest BCUT2D eigenvalue weighted by Gasteiger charge is -2.26. The highest BCUT2D eigenvalue weighted by Crippen LogP contribution is 2.35. The van der Waals surface area contributed by atoms with Gasteiger partial charge in [0, 0.05) is 4.47 Å². The maximum atomic E-state index is 13.3. The Kier molecular flexibility index (Phi) is 4.53. The Morgan fingerprint density at radius 1 is 0.955 bits per heavy atom. The molecular weight excluding hydrogens is 383 g/mol. The van der Waals surface area contributed by atoms with Crippen LogP contribution >= 0.6 is 15.9 Å². The van der Waals surface area contributed by atoms with E-state index in [0.717, 1.165) is 29.8 Å². The Bertz CT molecular complexity index is 756. The van der Waals surface area contributed by atoms with Gasteiger partial charge in [-0.2, -0.15) is 4.31 Å². The Morgan fingerprint density at radius 3 is 1.91 bits per heavy atom. The maximum absolute atomic E-state index is 13.3. The zero-order chi connectivity index (χ0) is 16.5. The van der Waals surface area contributed by atoms with Crippen LogP contribution in [-0.2, 0) is 10.0 Å². The van der Waals surface area contributed by atoms with Crippen molar-refractivity contribution in [3.63, 3.8) is 0 Å². The lowest BCUT2D eigenvalue weighted by atomic mass is 10.2. The number of aryl methyl sites for hydroxylation is 1. The van der Waals surface area contributed by atoms with Crippen LogP contribution in [-0.4, -0.2) is 14.7 Å². The molecule has 0 heterocycles. The summed E-state index contributed by atoms with van der Waals surface area (Å²) >= 11 is 3.10. The van der Waals surface area contributed by atoms with E-state index in [4.69, 9.17) is 0 Å². The number of benzene rings is 2. The molecule has 118 valence electrons. The molecule has 0 aliphatic carbocycles. The molecule has 0 aromatic heterocycles. The first-order chi connectivity index (χ1) is 10.1. The van der Waals surface area contributed by atoms with Crippen LogP contribution in [0.5, 0.6) is 0 Å². The molecule has 2 rings (SSSR count). The number of alkyl halides is 3. The zero-order valence-corrected chi connectivity index (χ0v) is 13.7. The number of halogens is 4. The van der Waals surface area contributed by atoms with Gasteiger partial charge in [-0.15, -0.1) is 13.2 Å². The van der Waals surface area contributed by atoms with E-state index < -0.39 is 31.2 Å². The van der Waals surface area contributed by atoms with Gasteiger partial charge in [0.15, 0.2) is 0 Å². The Morgan fingerprint density at radius 2 is 1.45 bits per heavy atom. The van der Waals surface area contributed by atoms with E-state index in [1.807, 2.05) is 0 Å². The molecule has 2 aromatic carbocycles. The number of hydrogen-bond donors (Lipinski definition) is 0. The van der Waals surface area contributed by atoms with Crippen LogP contribution in [0.25, 0.3) is 0 Å². The summed E-state index contributed by atoms with van der Waals surface area (Å²) in [6.07, 6.45) is -5.07. The summed E-state index contributed by atoms with van der Waals surface area (Å²) in [6.45, 7) is 1.71. The summed E-state index contributed by atoms with van der Waals surface area (Å²) in [7, 11) is -4.75. The van der Waals surface area contributed by atoms with E-state index in [1.165, 1.54) is 24.3 Å². The van der Waals surface area contributed by atoms with Crippen LogP contribution in [0.15, 0.2) is 57.9 Å². The number of hydrogen-bond acceptors (Lipinski definition) is 2. The third-order valence-corrected chi connectivity index (χ3v) is 5.15. The van der Waals surface area contributed by atoms with E-state index >= 15 is 0 Å². The maximum Gasteiger partial charge on any atom is 0.498 e. The molecule has 0 saturated carbocycles. The molecule has 0 aliphatic heterocycles. The van der Waals surface area contributed by atoms with E-state index in [2.05, 4.69) is 15.9 Å². The average Bonchev–Trinajstić information content (AvgIpc) is 2.40. The van der Waals surface area contributed by atoms with Crippen molar-refractivity contribution < 1.29 is 21.6 Å². The Labute approximate surface area is 134 Å².